The van der Waals surface area contributed by atoms with Crippen LogP contribution in [-0.4, -0.2) is 37.1 Å². The predicted molar refractivity (Wildman–Crippen MR) is 136 cm³/mol. The molecule has 0 aliphatic carbocycles. The molecule has 0 unspecified atom stereocenters. The highest BCUT2D eigenvalue weighted by Gasteiger charge is 2.25. The van der Waals surface area contributed by atoms with Crippen LogP contribution in [0.1, 0.15) is 18.1 Å². The van der Waals surface area contributed by atoms with Crippen molar-refractivity contribution in [2.45, 2.75) is 25.2 Å². The molecule has 0 spiro atoms. The van der Waals surface area contributed by atoms with Crippen LogP contribution in [0.3, 0.4) is 0 Å². The van der Waals surface area contributed by atoms with Crippen LogP contribution in [0.4, 0.5) is 0 Å². The summed E-state index contributed by atoms with van der Waals surface area (Å²) in [6, 6.07) is 12.7. The summed E-state index contributed by atoms with van der Waals surface area (Å²) in [5.74, 6) is 0. The lowest BCUT2D eigenvalue weighted by molar-refractivity contribution is 0.588. The number of nitrogens with zero attached hydrogens (tertiary/aromatic N) is 6. The van der Waals surface area contributed by atoms with Crippen LogP contribution in [0.15, 0.2) is 72.1 Å². The molecule has 35 heavy (non-hydrogen) atoms. The molecule has 0 fully saturated rings. The number of aromatic nitrogens is 6. The molecular weight excluding hydrogens is 460 g/mol. The van der Waals surface area contributed by atoms with Crippen LogP contribution in [-0.2, 0) is 23.5 Å². The van der Waals surface area contributed by atoms with E-state index in [2.05, 4.69) is 15.0 Å². The van der Waals surface area contributed by atoms with E-state index >= 15 is 0 Å². The largest absolute Gasteiger partial charge is 0.269 e. The first-order chi connectivity index (χ1) is 16.9. The van der Waals surface area contributed by atoms with Crippen molar-refractivity contribution < 1.29 is 8.42 Å². The fraction of sp³-hybridized carbons (Fsp3) is 0.154. The summed E-state index contributed by atoms with van der Waals surface area (Å²) in [5, 5.41) is 6.45. The third-order valence-electron chi connectivity index (χ3n) is 6.36. The number of fused-ring (bicyclic) bond motifs is 4. The van der Waals surface area contributed by atoms with E-state index in [4.69, 9.17) is 5.10 Å². The minimum atomic E-state index is -3.81. The van der Waals surface area contributed by atoms with E-state index in [1.165, 1.54) is 3.97 Å². The van der Waals surface area contributed by atoms with Crippen LogP contribution >= 0.6 is 0 Å². The van der Waals surface area contributed by atoms with Gasteiger partial charge in [-0.1, -0.05) is 30.7 Å². The fourth-order valence-electron chi connectivity index (χ4n) is 4.58. The molecule has 0 N–H and O–H groups in total. The van der Waals surface area contributed by atoms with E-state index < -0.39 is 10.0 Å². The van der Waals surface area contributed by atoms with Gasteiger partial charge in [0.15, 0.2) is 5.65 Å². The Morgan fingerprint density at radius 3 is 2.43 bits per heavy atom. The highest BCUT2D eigenvalue weighted by Crippen LogP contribution is 2.36. The van der Waals surface area contributed by atoms with Crippen molar-refractivity contribution in [3.63, 3.8) is 0 Å². The molecule has 6 rings (SSSR count). The third kappa shape index (κ3) is 3.23. The van der Waals surface area contributed by atoms with E-state index in [9.17, 15) is 8.42 Å². The van der Waals surface area contributed by atoms with Gasteiger partial charge in [0.25, 0.3) is 10.0 Å². The van der Waals surface area contributed by atoms with Gasteiger partial charge in [-0.3, -0.25) is 14.6 Å². The van der Waals surface area contributed by atoms with E-state index in [1.54, 1.807) is 53.7 Å². The van der Waals surface area contributed by atoms with Crippen LogP contribution in [0, 0.1) is 6.92 Å². The van der Waals surface area contributed by atoms with Gasteiger partial charge in [-0.15, -0.1) is 0 Å². The Kier molecular flexibility index (Phi) is 4.72. The third-order valence-corrected chi connectivity index (χ3v) is 8.03. The van der Waals surface area contributed by atoms with E-state index in [1.807, 2.05) is 39.1 Å². The standard InChI is InChI=1S/C26H22N6O2S/c1-4-17-15-32(35(33,34)19-8-5-16(2)6-9-19)26-23(17)25-20(14-29-26)24(30-31(25)3)18-7-10-21-22(13-18)28-12-11-27-21/h5-15H,4H2,1-3H3. The van der Waals surface area contributed by atoms with Gasteiger partial charge in [0.2, 0.25) is 0 Å². The number of pyridine rings is 1. The van der Waals surface area contributed by atoms with E-state index in [0.29, 0.717) is 12.1 Å². The minimum Gasteiger partial charge on any atom is -0.266 e. The molecule has 4 heterocycles. The lowest BCUT2D eigenvalue weighted by atomic mass is 10.1. The van der Waals surface area contributed by atoms with Crippen LogP contribution in [0.2, 0.25) is 0 Å². The number of rotatable bonds is 4. The first kappa shape index (κ1) is 21.4. The van der Waals surface area contributed by atoms with Crippen molar-refractivity contribution in [3.8, 4) is 11.3 Å². The molecule has 6 aromatic rings. The molecule has 4 aromatic heterocycles. The summed E-state index contributed by atoms with van der Waals surface area (Å²) >= 11 is 0. The summed E-state index contributed by atoms with van der Waals surface area (Å²) in [6.45, 7) is 3.94. The zero-order valence-corrected chi connectivity index (χ0v) is 20.3. The monoisotopic (exact) mass is 482 g/mol. The summed E-state index contributed by atoms with van der Waals surface area (Å²) in [7, 11) is -1.94. The van der Waals surface area contributed by atoms with Crippen molar-refractivity contribution in [1.82, 2.24) is 28.7 Å². The van der Waals surface area contributed by atoms with Gasteiger partial charge in [-0.05, 0) is 43.2 Å². The van der Waals surface area contributed by atoms with Gasteiger partial charge in [0, 0.05) is 48.2 Å². The minimum absolute atomic E-state index is 0.229. The molecule has 0 saturated carbocycles. The Balaban J connectivity index is 1.61. The van der Waals surface area contributed by atoms with Gasteiger partial charge < -0.3 is 0 Å². The van der Waals surface area contributed by atoms with Crippen LogP contribution in [0.5, 0.6) is 0 Å². The average Bonchev–Trinajstić information content (AvgIpc) is 3.42. The van der Waals surface area contributed by atoms with Crippen molar-refractivity contribution in [2.24, 2.45) is 7.05 Å². The van der Waals surface area contributed by atoms with Gasteiger partial charge in [-0.2, -0.15) is 5.10 Å². The molecule has 0 radical (unpaired) electrons. The Bertz CT molecular complexity index is 1870. The molecule has 174 valence electrons. The molecule has 8 nitrogen and oxygen atoms in total. The van der Waals surface area contributed by atoms with Crippen molar-refractivity contribution >= 4 is 43.0 Å². The summed E-state index contributed by atoms with van der Waals surface area (Å²) < 4.78 is 30.2. The van der Waals surface area contributed by atoms with Crippen LogP contribution < -0.4 is 0 Å². The molecule has 9 heteroatoms. The molecule has 0 amide bonds. The fourth-order valence-corrected chi connectivity index (χ4v) is 5.92. The molecular formula is C26H22N6O2S. The topological polar surface area (TPSA) is 95.6 Å². The highest BCUT2D eigenvalue weighted by atomic mass is 32.2. The molecule has 2 aromatic carbocycles. The summed E-state index contributed by atoms with van der Waals surface area (Å²) in [6.07, 6.45) is 7.38. The van der Waals surface area contributed by atoms with Crippen LogP contribution in [0.25, 0.3) is 44.2 Å². The second-order valence-corrected chi connectivity index (χ2v) is 10.4. The zero-order chi connectivity index (χ0) is 24.3. The number of hydrogen-bond donors (Lipinski definition) is 0. The SMILES string of the molecule is CCc1cn(S(=O)(=O)c2ccc(C)cc2)c2ncc3c(-c4ccc5nccnc5c4)nn(C)c3c12. The zero-order valence-electron chi connectivity index (χ0n) is 19.5. The second kappa shape index (κ2) is 7.71. The summed E-state index contributed by atoms with van der Waals surface area (Å²) in [5.41, 5.74) is 6.39. The predicted octanol–water partition coefficient (Wildman–Crippen LogP) is 4.64. The highest BCUT2D eigenvalue weighted by molar-refractivity contribution is 7.90. The first-order valence-corrected chi connectivity index (χ1v) is 12.7. The van der Waals surface area contributed by atoms with E-state index in [0.717, 1.165) is 49.7 Å². The number of aryl methyl sites for hydroxylation is 3. The van der Waals surface area contributed by atoms with E-state index in [-0.39, 0.29) is 4.90 Å². The molecule has 0 saturated heterocycles. The second-order valence-electron chi connectivity index (χ2n) is 8.57. The number of benzene rings is 2. The average molecular weight is 483 g/mol. The van der Waals surface area contributed by atoms with Crippen molar-refractivity contribution in [3.05, 3.63) is 78.4 Å². The molecule has 0 bridgehead atoms. The van der Waals surface area contributed by atoms with Gasteiger partial charge >= 0.3 is 0 Å². The Morgan fingerprint density at radius 1 is 0.943 bits per heavy atom. The lowest BCUT2D eigenvalue weighted by Crippen LogP contribution is -2.12. The molecule has 0 aliphatic rings. The van der Waals surface area contributed by atoms with Gasteiger partial charge in [0.1, 0.15) is 5.69 Å². The maximum Gasteiger partial charge on any atom is 0.269 e. The Morgan fingerprint density at radius 2 is 1.69 bits per heavy atom. The quantitative estimate of drug-likeness (QED) is 0.363. The maximum atomic E-state index is 13.5. The smallest absolute Gasteiger partial charge is 0.266 e. The first-order valence-electron chi connectivity index (χ1n) is 11.3. The van der Waals surface area contributed by atoms with Gasteiger partial charge in [-0.25, -0.2) is 17.4 Å². The Hall–Kier alpha value is -4.11. The lowest BCUT2D eigenvalue weighted by Gasteiger charge is -2.07. The van der Waals surface area contributed by atoms with Crippen molar-refractivity contribution in [1.29, 1.82) is 0 Å². The van der Waals surface area contributed by atoms with Gasteiger partial charge in [0.05, 0.1) is 21.4 Å². The molecule has 0 atom stereocenters. The normalized spacial score (nSPS) is 12.2. The Labute approximate surface area is 201 Å². The van der Waals surface area contributed by atoms with Crippen molar-refractivity contribution in [2.75, 3.05) is 0 Å². The summed E-state index contributed by atoms with van der Waals surface area (Å²) in [4.78, 5) is 13.6. The molecule has 0 aliphatic heterocycles. The maximum absolute atomic E-state index is 13.5. The number of hydrogen-bond acceptors (Lipinski definition) is 6.